The molecule has 0 spiro atoms. The Morgan fingerprint density at radius 3 is 2.07 bits per heavy atom. The second kappa shape index (κ2) is 8.20. The van der Waals surface area contributed by atoms with Gasteiger partial charge in [-0.15, -0.1) is 0 Å². The van der Waals surface area contributed by atoms with Gasteiger partial charge in [-0.2, -0.15) is 0 Å². The van der Waals surface area contributed by atoms with Crippen molar-refractivity contribution >= 4 is 5.71 Å². The molecule has 6 heteroatoms. The van der Waals surface area contributed by atoms with Gasteiger partial charge in [0.15, 0.2) is 23.0 Å². The molecule has 27 heavy (non-hydrogen) atoms. The molecule has 1 heterocycles. The molecule has 0 aliphatic carbocycles. The van der Waals surface area contributed by atoms with E-state index in [0.717, 1.165) is 35.6 Å². The lowest BCUT2D eigenvalue weighted by Crippen LogP contribution is -2.16. The maximum atomic E-state index is 5.62. The first-order valence-electron chi connectivity index (χ1n) is 8.73. The molecule has 1 aliphatic rings. The van der Waals surface area contributed by atoms with Crippen LogP contribution in [-0.4, -0.2) is 47.8 Å². The summed E-state index contributed by atoms with van der Waals surface area (Å²) in [5.74, 6) is 3.32. The van der Waals surface area contributed by atoms with Crippen LogP contribution in [0.3, 0.4) is 0 Å². The summed E-state index contributed by atoms with van der Waals surface area (Å²) in [5.41, 5.74) is 4.26. The van der Waals surface area contributed by atoms with Gasteiger partial charge < -0.3 is 23.7 Å². The Kier molecular flexibility index (Phi) is 5.74. The van der Waals surface area contributed by atoms with Crippen molar-refractivity contribution < 1.29 is 23.7 Å². The van der Waals surface area contributed by atoms with E-state index in [1.54, 1.807) is 35.5 Å². The average molecular weight is 371 g/mol. The predicted molar refractivity (Wildman–Crippen MR) is 104 cm³/mol. The van der Waals surface area contributed by atoms with Gasteiger partial charge in [0.2, 0.25) is 5.75 Å². The third kappa shape index (κ3) is 3.52. The Balaban J connectivity index is 2.02. The molecule has 0 radical (unpaired) electrons. The van der Waals surface area contributed by atoms with Crippen LogP contribution in [-0.2, 0) is 12.8 Å². The first-order valence-corrected chi connectivity index (χ1v) is 8.73. The van der Waals surface area contributed by atoms with Crippen LogP contribution in [0.1, 0.15) is 16.7 Å². The van der Waals surface area contributed by atoms with Crippen LogP contribution in [0, 0.1) is 0 Å². The first-order chi connectivity index (χ1) is 13.2. The van der Waals surface area contributed by atoms with E-state index < -0.39 is 0 Å². The zero-order chi connectivity index (χ0) is 19.4. The summed E-state index contributed by atoms with van der Waals surface area (Å²) in [6.45, 7) is 0.743. The van der Waals surface area contributed by atoms with Gasteiger partial charge >= 0.3 is 0 Å². The minimum atomic E-state index is 0.585. The third-order valence-corrected chi connectivity index (χ3v) is 4.75. The number of hydrogen-bond acceptors (Lipinski definition) is 6. The summed E-state index contributed by atoms with van der Waals surface area (Å²) < 4.78 is 27.4. The first kappa shape index (κ1) is 18.9. The van der Waals surface area contributed by atoms with E-state index in [4.69, 9.17) is 28.7 Å². The highest BCUT2D eigenvalue weighted by atomic mass is 16.5. The van der Waals surface area contributed by atoms with E-state index in [1.807, 2.05) is 24.3 Å². The topological polar surface area (TPSA) is 58.5 Å². The fraction of sp³-hybridized carbons (Fsp3) is 0.381. The lowest BCUT2D eigenvalue weighted by atomic mass is 9.92. The van der Waals surface area contributed by atoms with Crippen molar-refractivity contribution in [2.45, 2.75) is 12.8 Å². The minimum Gasteiger partial charge on any atom is -0.493 e. The molecule has 0 saturated heterocycles. The highest BCUT2D eigenvalue weighted by Crippen LogP contribution is 2.41. The summed E-state index contributed by atoms with van der Waals surface area (Å²) in [6, 6.07) is 7.90. The molecule has 1 aliphatic heterocycles. The normalized spacial score (nSPS) is 12.7. The standard InChI is InChI=1S/C21H25NO5/c1-23-17-7-6-14(20(26-4)21(17)27-5)10-16-15-12-19(25-3)18(24-2)11-13(15)8-9-22-16/h6-7,11-12H,8-10H2,1-5H3. The number of hydrogen-bond donors (Lipinski definition) is 0. The summed E-state index contributed by atoms with van der Waals surface area (Å²) in [7, 11) is 8.13. The van der Waals surface area contributed by atoms with Crippen LogP contribution < -0.4 is 23.7 Å². The van der Waals surface area contributed by atoms with Crippen molar-refractivity contribution in [3.63, 3.8) is 0 Å². The van der Waals surface area contributed by atoms with Crippen LogP contribution in [0.15, 0.2) is 29.3 Å². The van der Waals surface area contributed by atoms with Gasteiger partial charge in [-0.05, 0) is 30.2 Å². The van der Waals surface area contributed by atoms with Crippen molar-refractivity contribution in [2.24, 2.45) is 4.99 Å². The molecule has 0 atom stereocenters. The molecule has 0 N–H and O–H groups in total. The van der Waals surface area contributed by atoms with Crippen molar-refractivity contribution in [3.05, 3.63) is 41.0 Å². The number of aliphatic imine (C=N–C) groups is 1. The molecule has 2 aromatic carbocycles. The van der Waals surface area contributed by atoms with E-state index in [1.165, 1.54) is 5.56 Å². The Morgan fingerprint density at radius 2 is 1.44 bits per heavy atom. The zero-order valence-corrected chi connectivity index (χ0v) is 16.4. The number of rotatable bonds is 7. The van der Waals surface area contributed by atoms with E-state index in [0.29, 0.717) is 29.4 Å². The quantitative estimate of drug-likeness (QED) is 0.747. The van der Waals surface area contributed by atoms with Crippen molar-refractivity contribution in [1.82, 2.24) is 0 Å². The van der Waals surface area contributed by atoms with Crippen molar-refractivity contribution in [2.75, 3.05) is 42.1 Å². The van der Waals surface area contributed by atoms with Gasteiger partial charge in [0.05, 0.1) is 35.5 Å². The Labute approximate surface area is 159 Å². The monoisotopic (exact) mass is 371 g/mol. The molecule has 0 unspecified atom stereocenters. The molecule has 144 valence electrons. The van der Waals surface area contributed by atoms with E-state index in [9.17, 15) is 0 Å². The molecule has 0 saturated carbocycles. The molecule has 6 nitrogen and oxygen atoms in total. The van der Waals surface area contributed by atoms with Crippen molar-refractivity contribution in [1.29, 1.82) is 0 Å². The molecule has 3 rings (SSSR count). The summed E-state index contributed by atoms with van der Waals surface area (Å²) in [4.78, 5) is 4.76. The van der Waals surface area contributed by atoms with E-state index >= 15 is 0 Å². The van der Waals surface area contributed by atoms with Crippen molar-refractivity contribution in [3.8, 4) is 28.7 Å². The maximum absolute atomic E-state index is 5.62. The molecule has 0 amide bonds. The summed E-state index contributed by atoms with van der Waals surface area (Å²) >= 11 is 0. The summed E-state index contributed by atoms with van der Waals surface area (Å²) in [5, 5.41) is 0. The van der Waals surface area contributed by atoms with Gasteiger partial charge in [0.1, 0.15) is 0 Å². The number of fused-ring (bicyclic) bond motifs is 1. The minimum absolute atomic E-state index is 0.585. The van der Waals surface area contributed by atoms with E-state index in [2.05, 4.69) is 0 Å². The lowest BCUT2D eigenvalue weighted by molar-refractivity contribution is 0.322. The highest BCUT2D eigenvalue weighted by molar-refractivity contribution is 6.04. The second-order valence-electron chi connectivity index (χ2n) is 6.11. The number of methoxy groups -OCH3 is 5. The van der Waals surface area contributed by atoms with Gasteiger partial charge in [0.25, 0.3) is 0 Å². The molecule has 2 aromatic rings. The lowest BCUT2D eigenvalue weighted by Gasteiger charge is -2.21. The van der Waals surface area contributed by atoms with Gasteiger partial charge in [0, 0.05) is 29.8 Å². The maximum Gasteiger partial charge on any atom is 0.203 e. The molecular weight excluding hydrogens is 346 g/mol. The summed E-state index contributed by atoms with van der Waals surface area (Å²) in [6.07, 6.45) is 1.49. The SMILES string of the molecule is COc1cc2c(cc1OC)C(Cc1ccc(OC)c(OC)c1OC)=NCC2. The van der Waals surface area contributed by atoms with Gasteiger partial charge in [-0.25, -0.2) is 0 Å². The van der Waals surface area contributed by atoms with E-state index in [-0.39, 0.29) is 0 Å². The fourth-order valence-corrected chi connectivity index (χ4v) is 3.43. The van der Waals surface area contributed by atoms with Crippen LogP contribution in [0.5, 0.6) is 28.7 Å². The largest absolute Gasteiger partial charge is 0.493 e. The van der Waals surface area contributed by atoms with Crippen LogP contribution in [0.4, 0.5) is 0 Å². The molecular formula is C21H25NO5. The zero-order valence-electron chi connectivity index (χ0n) is 16.4. The number of ether oxygens (including phenoxy) is 5. The molecule has 0 aromatic heterocycles. The predicted octanol–water partition coefficient (Wildman–Crippen LogP) is 3.32. The van der Waals surface area contributed by atoms with Crippen LogP contribution in [0.2, 0.25) is 0 Å². The van der Waals surface area contributed by atoms with Crippen LogP contribution >= 0.6 is 0 Å². The smallest absolute Gasteiger partial charge is 0.203 e. The Bertz CT molecular complexity index is 860. The molecule has 0 fully saturated rings. The highest BCUT2D eigenvalue weighted by Gasteiger charge is 2.22. The van der Waals surface area contributed by atoms with Gasteiger partial charge in [-0.3, -0.25) is 4.99 Å². The Morgan fingerprint density at radius 1 is 0.778 bits per heavy atom. The van der Waals surface area contributed by atoms with Gasteiger partial charge in [-0.1, -0.05) is 6.07 Å². The Hall–Kier alpha value is -2.89. The van der Waals surface area contributed by atoms with Crippen LogP contribution in [0.25, 0.3) is 0 Å². The number of nitrogens with zero attached hydrogens (tertiary/aromatic N) is 1. The average Bonchev–Trinajstić information content (AvgIpc) is 2.72. The second-order valence-corrected chi connectivity index (χ2v) is 6.11. The fourth-order valence-electron chi connectivity index (χ4n) is 3.43. The molecule has 0 bridgehead atoms. The third-order valence-electron chi connectivity index (χ3n) is 4.75. The number of benzene rings is 2.